The van der Waals surface area contributed by atoms with E-state index < -0.39 is 29.7 Å². The molecule has 4 fully saturated rings. The number of carbonyl (C=O) groups excluding carboxylic acids is 6. The number of amides is 6. The Morgan fingerprint density at radius 3 is 2.43 bits per heavy atom. The molecular weight excluding hydrogens is 743 g/mol. The number of nitrogens with one attached hydrogen (secondary N) is 2. The molecule has 2 atom stereocenters. The van der Waals surface area contributed by atoms with Crippen molar-refractivity contribution in [3.05, 3.63) is 59.0 Å². The van der Waals surface area contributed by atoms with Crippen LogP contribution in [0.2, 0.25) is 0 Å². The Kier molecular flexibility index (Phi) is 9.86. The third kappa shape index (κ3) is 7.05. The maximum absolute atomic E-state index is 13.4. The number of urea groups is 1. The van der Waals surface area contributed by atoms with Gasteiger partial charge in [-0.15, -0.1) is 0 Å². The standard InChI is InChI=1S/C41H49N11O6/c1-25(53)37-33(19-29(21-42-37)49-11-3-4-28(24-49)50-16-14-46(2)41(50)58)43-35-20-30-23-47(15-17-51(30)45-35)22-26-9-12-48(13-10-26)27-5-6-31-32(18-27)40(57)52(39(31)56)34-7-8-36(54)44-38(34)55/h5-6,18-21,26,28,34H,3-4,7-17,22-24H2,1-2H3,(H,43,45)(H,44,54,55)/t28-,34-/m1/s1. The predicted molar refractivity (Wildman–Crippen MR) is 213 cm³/mol. The second kappa shape index (κ2) is 15.2. The van der Waals surface area contributed by atoms with E-state index in [0.29, 0.717) is 28.7 Å². The second-order valence-corrected chi connectivity index (χ2v) is 16.5. The zero-order valence-corrected chi connectivity index (χ0v) is 33.0. The van der Waals surface area contributed by atoms with Crippen LogP contribution in [0.4, 0.5) is 27.7 Å². The quantitative estimate of drug-likeness (QED) is 0.240. The van der Waals surface area contributed by atoms with Gasteiger partial charge < -0.3 is 24.9 Å². The van der Waals surface area contributed by atoms with E-state index in [9.17, 15) is 28.8 Å². The molecule has 9 rings (SSSR count). The van der Waals surface area contributed by atoms with Crippen molar-refractivity contribution in [3.8, 4) is 0 Å². The van der Waals surface area contributed by atoms with Crippen LogP contribution in [-0.2, 0) is 22.7 Å². The number of fused-ring (bicyclic) bond motifs is 2. The summed E-state index contributed by atoms with van der Waals surface area (Å²) in [6.45, 7) is 9.57. The lowest BCUT2D eigenvalue weighted by atomic mass is 9.95. The van der Waals surface area contributed by atoms with Crippen molar-refractivity contribution in [1.29, 1.82) is 0 Å². The lowest BCUT2D eigenvalue weighted by molar-refractivity contribution is -0.136. The van der Waals surface area contributed by atoms with Crippen LogP contribution in [0.5, 0.6) is 0 Å². The minimum atomic E-state index is -0.981. The molecule has 2 aromatic heterocycles. The van der Waals surface area contributed by atoms with E-state index in [1.807, 2.05) is 28.8 Å². The first-order chi connectivity index (χ1) is 28.0. The highest BCUT2D eigenvalue weighted by molar-refractivity contribution is 6.23. The van der Waals surface area contributed by atoms with Crippen LogP contribution in [0.1, 0.15) is 82.3 Å². The van der Waals surface area contributed by atoms with E-state index in [4.69, 9.17) is 5.10 Å². The highest BCUT2D eigenvalue weighted by Gasteiger charge is 2.45. The van der Waals surface area contributed by atoms with Gasteiger partial charge in [-0.3, -0.25) is 43.8 Å². The summed E-state index contributed by atoms with van der Waals surface area (Å²) in [4.78, 5) is 92.4. The number of ketones is 1. The van der Waals surface area contributed by atoms with Gasteiger partial charge in [0.25, 0.3) is 11.8 Å². The van der Waals surface area contributed by atoms with Crippen molar-refractivity contribution in [2.45, 2.75) is 70.6 Å². The van der Waals surface area contributed by atoms with Crippen molar-refractivity contribution < 1.29 is 28.8 Å². The molecule has 17 nitrogen and oxygen atoms in total. The van der Waals surface area contributed by atoms with Gasteiger partial charge >= 0.3 is 6.03 Å². The van der Waals surface area contributed by atoms with Gasteiger partial charge in [-0.2, -0.15) is 5.10 Å². The van der Waals surface area contributed by atoms with E-state index in [1.54, 1.807) is 23.2 Å². The van der Waals surface area contributed by atoms with Gasteiger partial charge in [0.2, 0.25) is 11.8 Å². The van der Waals surface area contributed by atoms with E-state index in [2.05, 4.69) is 36.4 Å². The summed E-state index contributed by atoms with van der Waals surface area (Å²) in [5.41, 5.74) is 4.46. The first kappa shape index (κ1) is 37.7. The molecule has 0 bridgehead atoms. The van der Waals surface area contributed by atoms with E-state index in [-0.39, 0.29) is 36.3 Å². The number of Topliss-reactive ketones (excluding diaryl/α,β-unsaturated/α-hetero) is 1. The third-order valence-corrected chi connectivity index (χ3v) is 12.7. The fraction of sp³-hybridized carbons (Fsp3) is 0.512. The zero-order valence-electron chi connectivity index (χ0n) is 33.0. The van der Waals surface area contributed by atoms with E-state index >= 15 is 0 Å². The molecule has 304 valence electrons. The second-order valence-electron chi connectivity index (χ2n) is 16.5. The number of pyridine rings is 1. The molecule has 4 saturated heterocycles. The van der Waals surface area contributed by atoms with Crippen LogP contribution in [0, 0.1) is 5.92 Å². The van der Waals surface area contributed by atoms with E-state index in [0.717, 1.165) is 113 Å². The number of hydrogen-bond acceptors (Lipinski definition) is 12. The average molecular weight is 792 g/mol. The molecule has 6 amide bonds. The molecule has 2 N–H and O–H groups in total. The SMILES string of the molecule is CC(=O)c1ncc(N2CCC[C@@H](N3CCN(C)C3=O)C2)cc1Nc1cc2n(n1)CCN(CC1CCN(c3ccc4c(c3)C(=O)N([C@@H]3CCC(=O)NC3=O)C4=O)CC1)C2. The molecule has 0 radical (unpaired) electrons. The largest absolute Gasteiger partial charge is 0.371 e. The summed E-state index contributed by atoms with van der Waals surface area (Å²) in [7, 11) is 1.85. The van der Waals surface area contributed by atoms with Gasteiger partial charge in [0.15, 0.2) is 11.6 Å². The molecule has 0 unspecified atom stereocenters. The number of rotatable bonds is 9. The summed E-state index contributed by atoms with van der Waals surface area (Å²) in [6, 6.07) is 8.60. The van der Waals surface area contributed by atoms with Gasteiger partial charge in [-0.1, -0.05) is 0 Å². The van der Waals surface area contributed by atoms with Crippen LogP contribution < -0.4 is 20.4 Å². The molecule has 6 aliphatic heterocycles. The first-order valence-corrected chi connectivity index (χ1v) is 20.4. The Hall–Kier alpha value is -5.84. The molecular formula is C41H49N11O6. The van der Waals surface area contributed by atoms with Crippen LogP contribution in [0.25, 0.3) is 0 Å². The average Bonchev–Trinajstić information content (AvgIpc) is 3.86. The van der Waals surface area contributed by atoms with Crippen LogP contribution >= 0.6 is 0 Å². The molecule has 58 heavy (non-hydrogen) atoms. The molecule has 0 saturated carbocycles. The van der Waals surface area contributed by atoms with Crippen LogP contribution in [0.3, 0.4) is 0 Å². The Balaban J connectivity index is 0.804. The molecule has 0 aliphatic carbocycles. The molecule has 17 heteroatoms. The molecule has 3 aromatic rings. The smallest absolute Gasteiger partial charge is 0.320 e. The fourth-order valence-corrected chi connectivity index (χ4v) is 9.52. The Labute approximate surface area is 336 Å². The molecule has 0 spiro atoms. The minimum Gasteiger partial charge on any atom is -0.371 e. The number of hydrogen-bond donors (Lipinski definition) is 2. The first-order valence-electron chi connectivity index (χ1n) is 20.4. The normalized spacial score (nSPS) is 23.1. The van der Waals surface area contributed by atoms with Crippen molar-refractivity contribution in [3.63, 3.8) is 0 Å². The number of nitrogens with zero attached hydrogens (tertiary/aromatic N) is 9. The maximum Gasteiger partial charge on any atom is 0.320 e. The number of likely N-dealkylation sites (N-methyl/N-ethyl adjacent to an activating group) is 1. The summed E-state index contributed by atoms with van der Waals surface area (Å²) in [5, 5.41) is 10.5. The number of anilines is 4. The zero-order chi connectivity index (χ0) is 40.2. The Morgan fingerprint density at radius 1 is 0.862 bits per heavy atom. The molecule has 1 aromatic carbocycles. The van der Waals surface area contributed by atoms with Gasteiger partial charge in [0, 0.05) is 91.0 Å². The number of carbonyl (C=O) groups is 6. The van der Waals surface area contributed by atoms with Crippen molar-refractivity contribution >= 4 is 58.3 Å². The minimum absolute atomic E-state index is 0.0849. The monoisotopic (exact) mass is 791 g/mol. The van der Waals surface area contributed by atoms with Crippen molar-refractivity contribution in [2.24, 2.45) is 5.92 Å². The van der Waals surface area contributed by atoms with Gasteiger partial charge in [0.1, 0.15) is 11.7 Å². The van der Waals surface area contributed by atoms with Crippen LogP contribution in [0.15, 0.2) is 36.5 Å². The van der Waals surface area contributed by atoms with Gasteiger partial charge in [-0.05, 0) is 62.3 Å². The Bertz CT molecular complexity index is 2200. The van der Waals surface area contributed by atoms with Gasteiger partial charge in [-0.25, -0.2) is 9.78 Å². The fourth-order valence-electron chi connectivity index (χ4n) is 9.52. The third-order valence-electron chi connectivity index (χ3n) is 12.7. The number of aromatic nitrogens is 3. The van der Waals surface area contributed by atoms with Gasteiger partial charge in [0.05, 0.1) is 47.0 Å². The Morgan fingerprint density at radius 2 is 1.67 bits per heavy atom. The molecule has 6 aliphatic rings. The summed E-state index contributed by atoms with van der Waals surface area (Å²) < 4.78 is 2.03. The number of piperidine rings is 3. The van der Waals surface area contributed by atoms with Crippen molar-refractivity contribution in [2.75, 3.05) is 74.5 Å². The van der Waals surface area contributed by atoms with E-state index in [1.165, 1.54) is 6.92 Å². The summed E-state index contributed by atoms with van der Waals surface area (Å²) in [5.74, 6) is -0.959. The van der Waals surface area contributed by atoms with Crippen molar-refractivity contribution in [1.82, 2.24) is 39.7 Å². The van der Waals surface area contributed by atoms with Crippen LogP contribution in [-0.4, -0.2) is 141 Å². The predicted octanol–water partition coefficient (Wildman–Crippen LogP) is 2.69. The topological polar surface area (TPSA) is 177 Å². The number of imide groups is 2. The number of benzene rings is 1. The highest BCUT2D eigenvalue weighted by atomic mass is 16.2. The lowest BCUT2D eigenvalue weighted by Crippen LogP contribution is -2.54. The summed E-state index contributed by atoms with van der Waals surface area (Å²) >= 11 is 0. The lowest BCUT2D eigenvalue weighted by Gasteiger charge is -2.38. The highest BCUT2D eigenvalue weighted by Crippen LogP contribution is 2.34. The summed E-state index contributed by atoms with van der Waals surface area (Å²) in [6.07, 6.45) is 5.87. The molecule has 8 heterocycles. The maximum atomic E-state index is 13.4.